The molecule has 37 heavy (non-hydrogen) atoms. The van der Waals surface area contributed by atoms with E-state index in [1.54, 1.807) is 30.3 Å². The smallest absolute Gasteiger partial charge is 0.241 e. The van der Waals surface area contributed by atoms with E-state index in [2.05, 4.69) is 20.2 Å². The van der Waals surface area contributed by atoms with Crippen LogP contribution in [0.25, 0.3) is 10.2 Å². The summed E-state index contributed by atoms with van der Waals surface area (Å²) in [7, 11) is -4.01. The Bertz CT molecular complexity index is 1520. The monoisotopic (exact) mass is 538 g/mol. The zero-order valence-electron chi connectivity index (χ0n) is 19.7. The molecule has 0 aliphatic carbocycles. The number of rotatable bonds is 10. The molecule has 192 valence electrons. The Kier molecular flexibility index (Phi) is 8.14. The summed E-state index contributed by atoms with van der Waals surface area (Å²) in [5.41, 5.74) is 13.5. The lowest BCUT2D eigenvalue weighted by molar-refractivity contribution is -0.116. The molecule has 10 nitrogen and oxygen atoms in total. The molecule has 0 aliphatic heterocycles. The summed E-state index contributed by atoms with van der Waals surface area (Å²) in [6.07, 6.45) is 0.387. The van der Waals surface area contributed by atoms with Crippen LogP contribution < -0.4 is 21.5 Å². The summed E-state index contributed by atoms with van der Waals surface area (Å²) in [6.45, 7) is 0.187. The second kappa shape index (κ2) is 11.5. The van der Waals surface area contributed by atoms with E-state index >= 15 is 0 Å². The molecule has 3 aromatic carbocycles. The van der Waals surface area contributed by atoms with Gasteiger partial charge in [0.15, 0.2) is 5.84 Å². The molecular weight excluding hydrogens is 512 g/mol. The fraction of sp³-hybridized carbons (Fsp3) is 0.160. The Labute approximate surface area is 218 Å². The van der Waals surface area contributed by atoms with Crippen LogP contribution in [0, 0.1) is 0 Å². The van der Waals surface area contributed by atoms with Crippen molar-refractivity contribution >= 4 is 49.0 Å². The van der Waals surface area contributed by atoms with Gasteiger partial charge in [0.2, 0.25) is 15.9 Å². The van der Waals surface area contributed by atoms with Gasteiger partial charge in [-0.2, -0.15) is 0 Å². The van der Waals surface area contributed by atoms with Crippen molar-refractivity contribution in [1.82, 2.24) is 9.71 Å². The van der Waals surface area contributed by atoms with Crippen molar-refractivity contribution in [2.75, 3.05) is 11.9 Å². The minimum Gasteiger partial charge on any atom is -0.409 e. The van der Waals surface area contributed by atoms with Gasteiger partial charge < -0.3 is 22.0 Å². The van der Waals surface area contributed by atoms with Gasteiger partial charge in [0, 0.05) is 24.2 Å². The van der Waals surface area contributed by atoms with Crippen molar-refractivity contribution < 1.29 is 18.4 Å². The number of hydrogen-bond donors (Lipinski definition) is 5. The number of nitrogens with zero attached hydrogens (tertiary/aromatic N) is 2. The molecule has 1 aromatic heterocycles. The molecule has 0 saturated carbocycles. The Morgan fingerprint density at radius 3 is 2.62 bits per heavy atom. The van der Waals surface area contributed by atoms with E-state index in [1.165, 1.54) is 23.5 Å². The summed E-state index contributed by atoms with van der Waals surface area (Å²) in [4.78, 5) is 16.6. The standard InChI is InChI=1S/C25H26N6O4S2/c26-12-11-23(32)28-18-7-4-8-19(15-18)37(34,35)31-21(25-29-20-9-1-2-10-22(20)36-25)14-16-5-3-6-17(13-16)24(27)30-33/h1-10,13,15,21,31,33H,11-12,14,26H2,(H2,27,30)(H,28,32)/t21-/m0/s1. The van der Waals surface area contributed by atoms with E-state index in [1.807, 2.05) is 30.3 Å². The second-order valence-corrected chi connectivity index (χ2v) is 11.0. The van der Waals surface area contributed by atoms with Crippen LogP contribution in [0.4, 0.5) is 5.69 Å². The number of fused-ring (bicyclic) bond motifs is 1. The lowest BCUT2D eigenvalue weighted by Gasteiger charge is -2.18. The van der Waals surface area contributed by atoms with Crippen LogP contribution in [0.2, 0.25) is 0 Å². The van der Waals surface area contributed by atoms with Crippen LogP contribution in [0.15, 0.2) is 82.8 Å². The van der Waals surface area contributed by atoms with Gasteiger partial charge in [-0.1, -0.05) is 41.6 Å². The predicted molar refractivity (Wildman–Crippen MR) is 144 cm³/mol. The van der Waals surface area contributed by atoms with Gasteiger partial charge >= 0.3 is 0 Å². The molecule has 1 atom stereocenters. The van der Waals surface area contributed by atoms with Crippen molar-refractivity contribution in [2.24, 2.45) is 16.6 Å². The first kappa shape index (κ1) is 26.2. The Balaban J connectivity index is 1.67. The number of carbonyl (C=O) groups is 1. The first-order valence-corrected chi connectivity index (χ1v) is 13.6. The van der Waals surface area contributed by atoms with Gasteiger partial charge in [0.1, 0.15) is 5.01 Å². The molecule has 1 amide bonds. The summed E-state index contributed by atoms with van der Waals surface area (Å²) < 4.78 is 30.6. The van der Waals surface area contributed by atoms with E-state index in [0.29, 0.717) is 16.3 Å². The van der Waals surface area contributed by atoms with Gasteiger partial charge in [-0.3, -0.25) is 4.79 Å². The number of benzene rings is 3. The number of nitrogens with two attached hydrogens (primary N) is 2. The zero-order valence-corrected chi connectivity index (χ0v) is 21.3. The summed E-state index contributed by atoms with van der Waals surface area (Å²) in [5.74, 6) is -0.351. The zero-order chi connectivity index (χ0) is 26.4. The number of anilines is 1. The molecule has 0 saturated heterocycles. The molecule has 0 radical (unpaired) electrons. The molecule has 0 spiro atoms. The number of nitrogens with one attached hydrogen (secondary N) is 2. The molecular formula is C25H26N6O4S2. The number of hydrogen-bond acceptors (Lipinski definition) is 8. The molecule has 7 N–H and O–H groups in total. The molecule has 0 fully saturated rings. The second-order valence-electron chi connectivity index (χ2n) is 8.20. The fourth-order valence-electron chi connectivity index (χ4n) is 3.72. The summed E-state index contributed by atoms with van der Waals surface area (Å²) >= 11 is 1.40. The summed E-state index contributed by atoms with van der Waals surface area (Å²) in [5, 5.41) is 15.3. The average Bonchev–Trinajstić information content (AvgIpc) is 3.33. The van der Waals surface area contributed by atoms with Crippen molar-refractivity contribution in [3.63, 3.8) is 0 Å². The van der Waals surface area contributed by atoms with Crippen LogP contribution >= 0.6 is 11.3 Å². The molecule has 4 aromatic rings. The minimum absolute atomic E-state index is 0.00503. The molecule has 0 unspecified atom stereocenters. The van der Waals surface area contributed by atoms with Gasteiger partial charge in [-0.15, -0.1) is 11.3 Å². The van der Waals surface area contributed by atoms with Gasteiger partial charge in [-0.05, 0) is 48.4 Å². The van der Waals surface area contributed by atoms with Crippen LogP contribution in [0.5, 0.6) is 0 Å². The maximum Gasteiger partial charge on any atom is 0.241 e. The Morgan fingerprint density at radius 2 is 1.86 bits per heavy atom. The van der Waals surface area contributed by atoms with Gasteiger partial charge in [-0.25, -0.2) is 18.1 Å². The number of amidine groups is 1. The lowest BCUT2D eigenvalue weighted by atomic mass is 10.0. The normalized spacial score (nSPS) is 12.9. The fourth-order valence-corrected chi connectivity index (χ4v) is 6.06. The van der Waals surface area contributed by atoms with E-state index in [-0.39, 0.29) is 36.0 Å². The largest absolute Gasteiger partial charge is 0.409 e. The lowest BCUT2D eigenvalue weighted by Crippen LogP contribution is -2.30. The number of thiazole rings is 1. The van der Waals surface area contributed by atoms with Crippen molar-refractivity contribution in [1.29, 1.82) is 0 Å². The van der Waals surface area contributed by atoms with Crippen LogP contribution in [-0.4, -0.2) is 36.9 Å². The Hall–Kier alpha value is -3.84. The highest BCUT2D eigenvalue weighted by Gasteiger charge is 2.25. The number of aromatic nitrogens is 1. The van der Waals surface area contributed by atoms with Gasteiger partial charge in [0.05, 0.1) is 21.2 Å². The van der Waals surface area contributed by atoms with Crippen molar-refractivity contribution in [3.05, 3.63) is 88.9 Å². The van der Waals surface area contributed by atoms with Crippen LogP contribution in [-0.2, 0) is 21.2 Å². The third-order valence-corrected chi connectivity index (χ3v) is 8.10. The number of carbonyl (C=O) groups excluding carboxylic acids is 1. The van der Waals surface area contributed by atoms with Crippen molar-refractivity contribution in [3.8, 4) is 0 Å². The number of sulfonamides is 1. The predicted octanol–water partition coefficient (Wildman–Crippen LogP) is 2.94. The van der Waals surface area contributed by atoms with E-state index in [4.69, 9.17) is 16.7 Å². The quantitative estimate of drug-likeness (QED) is 0.0893. The van der Waals surface area contributed by atoms with E-state index in [9.17, 15) is 13.2 Å². The molecule has 1 heterocycles. The van der Waals surface area contributed by atoms with Gasteiger partial charge in [0.25, 0.3) is 0 Å². The third kappa shape index (κ3) is 6.49. The highest BCUT2D eigenvalue weighted by molar-refractivity contribution is 7.89. The Morgan fingerprint density at radius 1 is 1.08 bits per heavy atom. The first-order chi connectivity index (χ1) is 17.8. The minimum atomic E-state index is -4.01. The molecule has 4 rings (SSSR count). The maximum absolute atomic E-state index is 13.5. The maximum atomic E-state index is 13.5. The summed E-state index contributed by atoms with van der Waals surface area (Å²) in [6, 6.07) is 19.9. The topological polar surface area (TPSA) is 173 Å². The highest BCUT2D eigenvalue weighted by atomic mass is 32.2. The number of para-hydroxylation sites is 1. The first-order valence-electron chi connectivity index (χ1n) is 11.3. The molecule has 12 heteroatoms. The highest BCUT2D eigenvalue weighted by Crippen LogP contribution is 2.30. The molecule has 0 bridgehead atoms. The van der Waals surface area contributed by atoms with Crippen molar-refractivity contribution in [2.45, 2.75) is 23.8 Å². The number of amides is 1. The average molecular weight is 539 g/mol. The SMILES string of the molecule is NCCC(=O)Nc1cccc(S(=O)(=O)N[C@@H](Cc2cccc(C(N)=NO)c2)c2nc3ccccc3s2)c1. The molecule has 0 aliphatic rings. The third-order valence-electron chi connectivity index (χ3n) is 5.48. The van der Waals surface area contributed by atoms with E-state index < -0.39 is 16.1 Å². The van der Waals surface area contributed by atoms with E-state index in [0.717, 1.165) is 15.8 Å². The van der Waals surface area contributed by atoms with Crippen LogP contribution in [0.1, 0.15) is 28.6 Å². The van der Waals surface area contributed by atoms with Crippen LogP contribution in [0.3, 0.4) is 0 Å². The number of oxime groups is 1.